The van der Waals surface area contributed by atoms with Crippen LogP contribution in [-0.4, -0.2) is 44.9 Å². The minimum Gasteiger partial charge on any atom is -0.486 e. The number of hydrogen-bond acceptors (Lipinski definition) is 5. The van der Waals surface area contributed by atoms with Crippen molar-refractivity contribution in [3.8, 4) is 11.5 Å². The molecule has 1 heterocycles. The molecule has 1 aliphatic rings. The lowest BCUT2D eigenvalue weighted by Gasteiger charge is -2.27. The Morgan fingerprint density at radius 2 is 2.26 bits per heavy atom. The molecule has 1 aromatic carbocycles. The van der Waals surface area contributed by atoms with Gasteiger partial charge in [0.05, 0.1) is 6.54 Å². The Kier molecular flexibility index (Phi) is 4.59. The second kappa shape index (κ2) is 6.40. The summed E-state index contributed by atoms with van der Waals surface area (Å²) in [5, 5.41) is 2.74. The van der Waals surface area contributed by atoms with E-state index in [1.165, 1.54) is 7.11 Å². The number of nitrogens with two attached hydrogens (primary N) is 1. The highest BCUT2D eigenvalue weighted by Gasteiger charge is 2.22. The first-order chi connectivity index (χ1) is 9.24. The Balaban J connectivity index is 1.84. The van der Waals surface area contributed by atoms with E-state index in [0.29, 0.717) is 18.9 Å². The van der Waals surface area contributed by atoms with Gasteiger partial charge in [0.1, 0.15) is 18.8 Å². The van der Waals surface area contributed by atoms with E-state index >= 15 is 0 Å². The Morgan fingerprint density at radius 1 is 1.53 bits per heavy atom. The molecular weight excluding hydrogens is 248 g/mol. The Bertz CT molecular complexity index is 434. The molecule has 0 saturated heterocycles. The standard InChI is InChI=1S/C13H18N2O4/c1-17-12(6-14)13(16)15-7-9-8-18-10-4-2-3-5-11(10)19-9/h2-5,9,12H,6-8,14H2,1H3,(H,15,16). The number of benzene rings is 1. The molecule has 1 amide bonds. The predicted octanol–water partition coefficient (Wildman–Crippen LogP) is -0.0837. The first-order valence-corrected chi connectivity index (χ1v) is 6.13. The number of ether oxygens (including phenoxy) is 3. The summed E-state index contributed by atoms with van der Waals surface area (Å²) < 4.78 is 16.2. The lowest BCUT2D eigenvalue weighted by Crippen LogP contribution is -2.46. The average molecular weight is 266 g/mol. The number of methoxy groups -OCH3 is 1. The van der Waals surface area contributed by atoms with Crippen molar-refractivity contribution in [1.29, 1.82) is 0 Å². The van der Waals surface area contributed by atoms with Gasteiger partial charge in [0.2, 0.25) is 0 Å². The highest BCUT2D eigenvalue weighted by molar-refractivity contribution is 5.81. The van der Waals surface area contributed by atoms with Gasteiger partial charge in [-0.3, -0.25) is 4.79 Å². The Morgan fingerprint density at radius 3 is 2.95 bits per heavy atom. The first kappa shape index (κ1) is 13.6. The minimum absolute atomic E-state index is 0.146. The summed E-state index contributed by atoms with van der Waals surface area (Å²) in [7, 11) is 1.45. The van der Waals surface area contributed by atoms with Crippen molar-refractivity contribution in [2.75, 3.05) is 26.8 Å². The van der Waals surface area contributed by atoms with Crippen molar-refractivity contribution in [2.45, 2.75) is 12.2 Å². The molecule has 3 N–H and O–H groups in total. The summed E-state index contributed by atoms with van der Waals surface area (Å²) in [6.45, 7) is 0.901. The lowest BCUT2D eigenvalue weighted by molar-refractivity contribution is -0.130. The summed E-state index contributed by atoms with van der Waals surface area (Å²) >= 11 is 0. The molecule has 6 heteroatoms. The van der Waals surface area contributed by atoms with Crippen molar-refractivity contribution in [1.82, 2.24) is 5.32 Å². The van der Waals surface area contributed by atoms with Gasteiger partial charge in [0.25, 0.3) is 5.91 Å². The maximum Gasteiger partial charge on any atom is 0.250 e. The van der Waals surface area contributed by atoms with Crippen LogP contribution in [0.15, 0.2) is 24.3 Å². The quantitative estimate of drug-likeness (QED) is 0.778. The zero-order valence-corrected chi connectivity index (χ0v) is 10.8. The lowest BCUT2D eigenvalue weighted by atomic mass is 10.2. The number of fused-ring (bicyclic) bond motifs is 1. The van der Waals surface area contributed by atoms with Crippen molar-refractivity contribution in [3.63, 3.8) is 0 Å². The molecule has 0 aromatic heterocycles. The molecule has 0 saturated carbocycles. The first-order valence-electron chi connectivity index (χ1n) is 6.13. The van der Waals surface area contributed by atoms with Gasteiger partial charge in [-0.05, 0) is 12.1 Å². The smallest absolute Gasteiger partial charge is 0.250 e. The van der Waals surface area contributed by atoms with Gasteiger partial charge in [-0.2, -0.15) is 0 Å². The van der Waals surface area contributed by atoms with E-state index in [1.54, 1.807) is 0 Å². The van der Waals surface area contributed by atoms with Crippen LogP contribution in [0.25, 0.3) is 0 Å². The van der Waals surface area contributed by atoms with Gasteiger partial charge in [-0.1, -0.05) is 12.1 Å². The molecule has 104 valence electrons. The van der Waals surface area contributed by atoms with Crippen molar-refractivity contribution in [2.24, 2.45) is 5.73 Å². The van der Waals surface area contributed by atoms with Gasteiger partial charge in [0.15, 0.2) is 11.5 Å². The van der Waals surface area contributed by atoms with Crippen LogP contribution in [0.4, 0.5) is 0 Å². The molecule has 0 aliphatic carbocycles. The summed E-state index contributed by atoms with van der Waals surface area (Å²) in [4.78, 5) is 11.7. The number of carbonyl (C=O) groups excluding carboxylic acids is 1. The number of carbonyl (C=O) groups is 1. The van der Waals surface area contributed by atoms with E-state index in [0.717, 1.165) is 5.75 Å². The average Bonchev–Trinajstić information content (AvgIpc) is 2.46. The van der Waals surface area contributed by atoms with E-state index in [9.17, 15) is 4.79 Å². The summed E-state index contributed by atoms with van der Waals surface area (Å²) in [5.74, 6) is 1.17. The third-order valence-electron chi connectivity index (χ3n) is 2.86. The van der Waals surface area contributed by atoms with Crippen LogP contribution in [-0.2, 0) is 9.53 Å². The van der Waals surface area contributed by atoms with E-state index in [2.05, 4.69) is 5.32 Å². The number of rotatable bonds is 5. The largest absolute Gasteiger partial charge is 0.486 e. The van der Waals surface area contributed by atoms with E-state index < -0.39 is 6.10 Å². The Labute approximate surface area is 111 Å². The SMILES string of the molecule is COC(CN)C(=O)NCC1COc2ccccc2O1. The van der Waals surface area contributed by atoms with Crippen molar-refractivity contribution < 1.29 is 19.0 Å². The molecule has 0 fully saturated rings. The van der Waals surface area contributed by atoms with Crippen LogP contribution in [0.3, 0.4) is 0 Å². The van der Waals surface area contributed by atoms with Gasteiger partial charge in [0, 0.05) is 13.7 Å². The van der Waals surface area contributed by atoms with Crippen LogP contribution in [0.2, 0.25) is 0 Å². The molecule has 19 heavy (non-hydrogen) atoms. The van der Waals surface area contributed by atoms with Crippen LogP contribution in [0.5, 0.6) is 11.5 Å². The van der Waals surface area contributed by atoms with Crippen molar-refractivity contribution in [3.05, 3.63) is 24.3 Å². The molecule has 6 nitrogen and oxygen atoms in total. The summed E-state index contributed by atoms with van der Waals surface area (Å²) in [6, 6.07) is 7.44. The van der Waals surface area contributed by atoms with Crippen LogP contribution in [0, 0.1) is 0 Å². The molecular formula is C13H18N2O4. The predicted molar refractivity (Wildman–Crippen MR) is 69.2 cm³/mol. The molecule has 0 radical (unpaired) electrons. The normalized spacial score (nSPS) is 18.7. The van der Waals surface area contributed by atoms with Crippen LogP contribution >= 0.6 is 0 Å². The van der Waals surface area contributed by atoms with Crippen LogP contribution in [0.1, 0.15) is 0 Å². The number of nitrogens with one attached hydrogen (secondary N) is 1. The molecule has 0 spiro atoms. The number of para-hydroxylation sites is 2. The fourth-order valence-electron chi connectivity index (χ4n) is 1.80. The molecule has 2 rings (SSSR count). The van der Waals surface area contributed by atoms with Crippen LogP contribution < -0.4 is 20.5 Å². The van der Waals surface area contributed by atoms with E-state index in [4.69, 9.17) is 19.9 Å². The van der Waals surface area contributed by atoms with Crippen molar-refractivity contribution >= 4 is 5.91 Å². The van der Waals surface area contributed by atoms with E-state index in [1.807, 2.05) is 24.3 Å². The third-order valence-corrected chi connectivity index (χ3v) is 2.86. The topological polar surface area (TPSA) is 82.8 Å². The highest BCUT2D eigenvalue weighted by atomic mass is 16.6. The fourth-order valence-corrected chi connectivity index (χ4v) is 1.80. The second-order valence-electron chi connectivity index (χ2n) is 4.20. The number of hydrogen-bond donors (Lipinski definition) is 2. The second-order valence-corrected chi connectivity index (χ2v) is 4.20. The highest BCUT2D eigenvalue weighted by Crippen LogP contribution is 2.30. The minimum atomic E-state index is -0.628. The molecule has 2 unspecified atom stereocenters. The Hall–Kier alpha value is -1.79. The van der Waals surface area contributed by atoms with E-state index in [-0.39, 0.29) is 18.6 Å². The maximum absolute atomic E-state index is 11.7. The fraction of sp³-hybridized carbons (Fsp3) is 0.462. The van der Waals surface area contributed by atoms with Gasteiger partial charge >= 0.3 is 0 Å². The molecule has 1 aromatic rings. The molecule has 1 aliphatic heterocycles. The van der Waals surface area contributed by atoms with Gasteiger partial charge in [-0.25, -0.2) is 0 Å². The summed E-state index contributed by atoms with van der Waals surface area (Å²) in [5.41, 5.74) is 5.41. The number of amides is 1. The zero-order valence-electron chi connectivity index (χ0n) is 10.8. The monoisotopic (exact) mass is 266 g/mol. The summed E-state index contributed by atoms with van der Waals surface area (Å²) in [6.07, 6.45) is -0.842. The molecule has 0 bridgehead atoms. The third kappa shape index (κ3) is 3.36. The molecule has 2 atom stereocenters. The van der Waals surface area contributed by atoms with Gasteiger partial charge in [-0.15, -0.1) is 0 Å². The maximum atomic E-state index is 11.7. The van der Waals surface area contributed by atoms with Gasteiger partial charge < -0.3 is 25.3 Å². The zero-order chi connectivity index (χ0) is 13.7.